The van der Waals surface area contributed by atoms with Crippen molar-refractivity contribution >= 4 is 11.8 Å². The Bertz CT molecular complexity index is 788. The minimum absolute atomic E-state index is 0.167. The van der Waals surface area contributed by atoms with Gasteiger partial charge in [0.1, 0.15) is 17.6 Å². The molecule has 6 fully saturated rings. The monoisotopic (exact) mass is 390 g/mol. The summed E-state index contributed by atoms with van der Waals surface area (Å²) in [5, 5.41) is 23.4. The van der Waals surface area contributed by atoms with Crippen molar-refractivity contribution in [2.75, 3.05) is 6.61 Å². The molecule has 2 saturated heterocycles. The van der Waals surface area contributed by atoms with E-state index in [9.17, 15) is 19.8 Å². The van der Waals surface area contributed by atoms with Crippen LogP contribution in [0.5, 0.6) is 0 Å². The molecule has 4 aliphatic carbocycles. The highest BCUT2D eigenvalue weighted by atomic mass is 16.6. The second-order valence-corrected chi connectivity index (χ2v) is 10.5. The summed E-state index contributed by atoms with van der Waals surface area (Å²) in [5.74, 6) is -3.52. The first-order valence-corrected chi connectivity index (χ1v) is 10.5. The van der Waals surface area contributed by atoms with Gasteiger partial charge in [-0.2, -0.15) is 0 Å². The van der Waals surface area contributed by atoms with Crippen LogP contribution in [0.25, 0.3) is 0 Å². The number of carbonyl (C=O) groups is 2. The number of ether oxygens (including phenoxy) is 2. The summed E-state index contributed by atoms with van der Waals surface area (Å²) >= 11 is 0. The number of rotatable bonds is 1. The number of carbonyl (C=O) groups excluding carboxylic acids is 2. The lowest BCUT2D eigenvalue weighted by Gasteiger charge is -2.73. The van der Waals surface area contributed by atoms with Gasteiger partial charge in [-0.05, 0) is 42.6 Å². The van der Waals surface area contributed by atoms with Gasteiger partial charge in [-0.1, -0.05) is 26.8 Å². The summed E-state index contributed by atoms with van der Waals surface area (Å²) in [4.78, 5) is 25.6. The van der Waals surface area contributed by atoms with E-state index in [1.54, 1.807) is 0 Å². The SMILES string of the molecule is C=C1C(=O)[C@]23[C@H](OC(C)=O)[C@H]1CC[C@H]2[C@]12CCCC(C)(C)[C@H]1[C@H](O)[C@@]3(O)OC2. The third kappa shape index (κ3) is 1.73. The van der Waals surface area contributed by atoms with Gasteiger partial charge in [-0.25, -0.2) is 0 Å². The zero-order valence-electron chi connectivity index (χ0n) is 16.9. The van der Waals surface area contributed by atoms with Crippen LogP contribution in [-0.4, -0.2) is 46.6 Å². The molecule has 2 heterocycles. The van der Waals surface area contributed by atoms with Crippen LogP contribution in [0.1, 0.15) is 52.9 Å². The summed E-state index contributed by atoms with van der Waals surface area (Å²) in [7, 11) is 0. The predicted molar refractivity (Wildman–Crippen MR) is 98.8 cm³/mol. The Morgan fingerprint density at radius 2 is 2.00 bits per heavy atom. The molecule has 0 unspecified atom stereocenters. The highest BCUT2D eigenvalue weighted by Gasteiger charge is 2.86. The lowest BCUT2D eigenvalue weighted by molar-refractivity contribution is -0.448. The molecule has 0 aromatic carbocycles. The number of hydrogen-bond acceptors (Lipinski definition) is 6. The van der Waals surface area contributed by atoms with Crippen LogP contribution < -0.4 is 0 Å². The van der Waals surface area contributed by atoms with E-state index in [2.05, 4.69) is 20.4 Å². The summed E-state index contributed by atoms with van der Waals surface area (Å²) in [6, 6.07) is 0. The minimum Gasteiger partial charge on any atom is -0.461 e. The quantitative estimate of drug-likeness (QED) is 0.525. The molecular weight excluding hydrogens is 360 g/mol. The first-order chi connectivity index (χ1) is 13.0. The highest BCUT2D eigenvalue weighted by molar-refractivity contribution is 6.05. The van der Waals surface area contributed by atoms with Gasteiger partial charge >= 0.3 is 5.97 Å². The van der Waals surface area contributed by atoms with Crippen LogP contribution in [0.4, 0.5) is 0 Å². The average molecular weight is 390 g/mol. The molecule has 8 atom stereocenters. The fraction of sp³-hybridized carbons (Fsp3) is 0.818. The normalized spacial score (nSPS) is 53.5. The second-order valence-electron chi connectivity index (χ2n) is 10.5. The van der Waals surface area contributed by atoms with E-state index in [4.69, 9.17) is 9.47 Å². The van der Waals surface area contributed by atoms with Crippen molar-refractivity contribution in [3.05, 3.63) is 12.2 Å². The Hall–Kier alpha value is -1.24. The standard InChI is InChI=1S/C22H30O6/c1-11-13-6-7-14-20-9-5-8-19(3,4)15(20)17(25)22(26,27-10-20)21(14,16(11)24)18(13)28-12(2)23/h13-15,17-18,25-26H,1,5-10H2,2-4H3/t13-,14-,15+,17-,18+,20+,21-,22+/m0/s1. The molecular formula is C22H30O6. The second kappa shape index (κ2) is 5.27. The van der Waals surface area contributed by atoms with Gasteiger partial charge in [0.15, 0.2) is 5.78 Å². The molecule has 6 heteroatoms. The number of fused-ring (bicyclic) bond motifs is 2. The van der Waals surface area contributed by atoms with Gasteiger partial charge in [0.2, 0.25) is 5.79 Å². The van der Waals surface area contributed by atoms with Crippen molar-refractivity contribution in [3.8, 4) is 0 Å². The molecule has 0 aromatic heterocycles. The van der Waals surface area contributed by atoms with Crippen LogP contribution in [0.15, 0.2) is 12.2 Å². The van der Waals surface area contributed by atoms with E-state index >= 15 is 0 Å². The molecule has 6 rings (SSSR count). The largest absolute Gasteiger partial charge is 0.461 e. The van der Waals surface area contributed by atoms with Gasteiger partial charge in [-0.15, -0.1) is 0 Å². The number of aliphatic hydroxyl groups excluding tert-OH is 1. The van der Waals surface area contributed by atoms with Crippen molar-refractivity contribution in [1.82, 2.24) is 0 Å². The van der Waals surface area contributed by atoms with Gasteiger partial charge in [0.05, 0.1) is 6.61 Å². The Morgan fingerprint density at radius 3 is 2.68 bits per heavy atom. The predicted octanol–water partition coefficient (Wildman–Crippen LogP) is 1.98. The first kappa shape index (κ1) is 18.8. The minimum atomic E-state index is -2.06. The van der Waals surface area contributed by atoms with Crippen molar-refractivity contribution in [1.29, 1.82) is 0 Å². The summed E-state index contributed by atoms with van der Waals surface area (Å²) in [6.07, 6.45) is 2.21. The van der Waals surface area contributed by atoms with Crippen molar-refractivity contribution in [2.24, 2.45) is 34.0 Å². The molecule has 2 aliphatic heterocycles. The lowest BCUT2D eigenvalue weighted by Crippen LogP contribution is -2.83. The molecule has 2 spiro atoms. The molecule has 28 heavy (non-hydrogen) atoms. The third-order valence-corrected chi connectivity index (χ3v) is 9.03. The first-order valence-electron chi connectivity index (χ1n) is 10.5. The van der Waals surface area contributed by atoms with E-state index in [0.29, 0.717) is 18.6 Å². The van der Waals surface area contributed by atoms with Crippen molar-refractivity contribution < 1.29 is 29.3 Å². The van der Waals surface area contributed by atoms with E-state index in [1.165, 1.54) is 6.92 Å². The Morgan fingerprint density at radius 1 is 1.29 bits per heavy atom. The average Bonchev–Trinajstić information content (AvgIpc) is 2.72. The number of esters is 1. The zero-order valence-corrected chi connectivity index (χ0v) is 16.9. The molecule has 4 saturated carbocycles. The Labute approximate surface area is 165 Å². The van der Waals surface area contributed by atoms with E-state index in [1.807, 2.05) is 0 Å². The number of Topliss-reactive ketones (excluding diaryl/α,β-unsaturated/α-hetero) is 1. The maximum Gasteiger partial charge on any atom is 0.302 e. The summed E-state index contributed by atoms with van der Waals surface area (Å²) in [6.45, 7) is 9.94. The van der Waals surface area contributed by atoms with E-state index in [0.717, 1.165) is 25.7 Å². The fourth-order valence-corrected chi connectivity index (χ4v) is 8.31. The van der Waals surface area contributed by atoms with Gasteiger partial charge < -0.3 is 19.7 Å². The van der Waals surface area contributed by atoms with E-state index < -0.39 is 34.8 Å². The Kier molecular flexibility index (Phi) is 3.53. The van der Waals surface area contributed by atoms with E-state index in [-0.39, 0.29) is 29.0 Å². The van der Waals surface area contributed by atoms with Crippen LogP contribution in [0.3, 0.4) is 0 Å². The van der Waals surface area contributed by atoms with Gasteiger partial charge in [0, 0.05) is 24.2 Å². The lowest BCUT2D eigenvalue weighted by atomic mass is 9.36. The smallest absolute Gasteiger partial charge is 0.302 e. The number of aliphatic hydroxyl groups is 2. The number of ketones is 1. The summed E-state index contributed by atoms with van der Waals surface area (Å²) < 4.78 is 11.7. The van der Waals surface area contributed by atoms with Crippen LogP contribution in [0.2, 0.25) is 0 Å². The molecule has 2 N–H and O–H groups in total. The van der Waals surface area contributed by atoms with Crippen molar-refractivity contribution in [2.45, 2.75) is 70.9 Å². The maximum absolute atomic E-state index is 13.7. The van der Waals surface area contributed by atoms with Crippen molar-refractivity contribution in [3.63, 3.8) is 0 Å². The van der Waals surface area contributed by atoms with Gasteiger partial charge in [-0.3, -0.25) is 9.59 Å². The molecule has 4 bridgehead atoms. The third-order valence-electron chi connectivity index (χ3n) is 9.03. The molecule has 6 aliphatic rings. The Balaban J connectivity index is 1.77. The highest BCUT2D eigenvalue weighted by Crippen LogP contribution is 2.76. The van der Waals surface area contributed by atoms with Gasteiger partial charge in [0.25, 0.3) is 0 Å². The fourth-order valence-electron chi connectivity index (χ4n) is 8.31. The summed E-state index contributed by atoms with van der Waals surface area (Å²) in [5.41, 5.74) is -1.65. The molecule has 6 nitrogen and oxygen atoms in total. The van der Waals surface area contributed by atoms with Crippen LogP contribution in [0, 0.1) is 34.0 Å². The zero-order chi connectivity index (χ0) is 20.3. The topological polar surface area (TPSA) is 93.1 Å². The maximum atomic E-state index is 13.7. The van der Waals surface area contributed by atoms with Crippen LogP contribution >= 0.6 is 0 Å². The molecule has 0 amide bonds. The molecule has 0 aromatic rings. The number of hydrogen-bond donors (Lipinski definition) is 2. The molecule has 0 radical (unpaired) electrons. The van der Waals surface area contributed by atoms with Crippen LogP contribution in [-0.2, 0) is 19.1 Å². The molecule has 154 valence electrons.